The zero-order valence-electron chi connectivity index (χ0n) is 19.9. The number of nitrogens with zero attached hydrogens (tertiary/aromatic N) is 2. The Balaban J connectivity index is 1.61. The molecule has 1 unspecified atom stereocenters. The van der Waals surface area contributed by atoms with Crippen LogP contribution in [0.5, 0.6) is 5.75 Å². The smallest absolute Gasteiger partial charge is 0.229 e. The Morgan fingerprint density at radius 3 is 2.63 bits per heavy atom. The fourth-order valence-electron chi connectivity index (χ4n) is 4.07. The minimum Gasteiger partial charge on any atom is -0.494 e. The fraction of sp³-hybridized carbons (Fsp3) is 0.333. The summed E-state index contributed by atoms with van der Waals surface area (Å²) in [6, 6.07) is 10.9. The number of hydrogen-bond acceptors (Lipinski definition) is 8. The predicted molar refractivity (Wildman–Crippen MR) is 142 cm³/mol. The van der Waals surface area contributed by atoms with E-state index >= 15 is 0 Å². The molecule has 2 aromatic carbocycles. The molecule has 0 radical (unpaired) electrons. The van der Waals surface area contributed by atoms with Gasteiger partial charge in [-0.1, -0.05) is 37.1 Å². The molecule has 0 saturated carbocycles. The van der Waals surface area contributed by atoms with Crippen molar-refractivity contribution in [3.05, 3.63) is 53.2 Å². The Morgan fingerprint density at radius 2 is 1.91 bits per heavy atom. The van der Waals surface area contributed by atoms with Gasteiger partial charge in [-0.05, 0) is 43.0 Å². The third kappa shape index (κ3) is 6.07. The van der Waals surface area contributed by atoms with Crippen molar-refractivity contribution in [2.24, 2.45) is 5.92 Å². The standard InChI is InChI=1S/C24H29ClN6O3S/c1-4-15-9-10-16-18(26-13-15)11-12-21(22(16)34-2)29-24-27-14-17(25)23(30-24)28-19-7-5-6-8-20(19)31-35(3,32)33/h5-8,11-12,14-15,26,31H,4,9-10,13H2,1-3H3,(H2,27,28,29,30). The molecule has 3 aromatic rings. The molecule has 1 aliphatic heterocycles. The van der Waals surface area contributed by atoms with Gasteiger partial charge in [0.1, 0.15) is 10.8 Å². The molecular weight excluding hydrogens is 488 g/mol. The van der Waals surface area contributed by atoms with Gasteiger partial charge in [-0.3, -0.25) is 4.72 Å². The van der Waals surface area contributed by atoms with Gasteiger partial charge in [-0.15, -0.1) is 0 Å². The summed E-state index contributed by atoms with van der Waals surface area (Å²) in [6.45, 7) is 3.16. The Morgan fingerprint density at radius 1 is 1.14 bits per heavy atom. The normalized spacial score (nSPS) is 15.4. The van der Waals surface area contributed by atoms with Crippen molar-refractivity contribution >= 4 is 56.1 Å². The first kappa shape index (κ1) is 24.9. The molecule has 0 bridgehead atoms. The molecule has 11 heteroatoms. The van der Waals surface area contributed by atoms with E-state index in [1.165, 1.54) is 6.20 Å². The summed E-state index contributed by atoms with van der Waals surface area (Å²) >= 11 is 6.35. The van der Waals surface area contributed by atoms with E-state index in [1.54, 1.807) is 31.4 Å². The number of para-hydroxylation sites is 2. The van der Waals surface area contributed by atoms with Crippen molar-refractivity contribution in [2.75, 3.05) is 40.6 Å². The second kappa shape index (κ2) is 10.6. The minimum atomic E-state index is -3.46. The highest BCUT2D eigenvalue weighted by atomic mass is 35.5. The predicted octanol–water partition coefficient (Wildman–Crippen LogP) is 5.38. The van der Waals surface area contributed by atoms with Gasteiger partial charge in [0.2, 0.25) is 16.0 Å². The first-order chi connectivity index (χ1) is 16.8. The number of ether oxygens (including phenoxy) is 1. The Labute approximate surface area is 210 Å². The van der Waals surface area contributed by atoms with E-state index in [9.17, 15) is 8.42 Å². The monoisotopic (exact) mass is 516 g/mol. The number of benzene rings is 2. The maximum absolute atomic E-state index is 11.7. The van der Waals surface area contributed by atoms with Crippen LogP contribution in [-0.2, 0) is 16.4 Å². The number of hydrogen-bond donors (Lipinski definition) is 4. The second-order valence-electron chi connectivity index (χ2n) is 8.43. The minimum absolute atomic E-state index is 0.286. The Hall–Kier alpha value is -3.24. The molecule has 2 heterocycles. The van der Waals surface area contributed by atoms with Gasteiger partial charge in [-0.2, -0.15) is 4.98 Å². The summed E-state index contributed by atoms with van der Waals surface area (Å²) in [4.78, 5) is 8.83. The lowest BCUT2D eigenvalue weighted by atomic mass is 9.98. The van der Waals surface area contributed by atoms with Gasteiger partial charge in [0.25, 0.3) is 0 Å². The van der Waals surface area contributed by atoms with Crippen molar-refractivity contribution in [3.63, 3.8) is 0 Å². The van der Waals surface area contributed by atoms with Crippen LogP contribution in [0.15, 0.2) is 42.6 Å². The van der Waals surface area contributed by atoms with Crippen LogP contribution in [0.1, 0.15) is 25.3 Å². The molecule has 4 N–H and O–H groups in total. The number of anilines is 6. The maximum Gasteiger partial charge on any atom is 0.229 e. The van der Waals surface area contributed by atoms with Gasteiger partial charge in [0.15, 0.2) is 5.82 Å². The molecular formula is C24H29ClN6O3S. The summed E-state index contributed by atoms with van der Waals surface area (Å²) in [6.07, 6.45) is 5.71. The average molecular weight is 517 g/mol. The highest BCUT2D eigenvalue weighted by Crippen LogP contribution is 2.39. The molecule has 0 fully saturated rings. The largest absolute Gasteiger partial charge is 0.494 e. The fourth-order valence-corrected chi connectivity index (χ4v) is 4.79. The van der Waals surface area contributed by atoms with Crippen LogP contribution in [0.2, 0.25) is 5.02 Å². The summed E-state index contributed by atoms with van der Waals surface area (Å²) in [5, 5.41) is 10.2. The van der Waals surface area contributed by atoms with Gasteiger partial charge in [0, 0.05) is 17.8 Å². The number of fused-ring (bicyclic) bond motifs is 1. The van der Waals surface area contributed by atoms with Crippen molar-refractivity contribution in [3.8, 4) is 5.75 Å². The lowest BCUT2D eigenvalue weighted by Crippen LogP contribution is -2.11. The van der Waals surface area contributed by atoms with Crippen LogP contribution in [0, 0.1) is 5.92 Å². The third-order valence-electron chi connectivity index (χ3n) is 5.89. The summed E-state index contributed by atoms with van der Waals surface area (Å²) < 4.78 is 31.7. The lowest BCUT2D eigenvalue weighted by Gasteiger charge is -2.18. The summed E-state index contributed by atoms with van der Waals surface area (Å²) in [5.41, 5.74) is 3.84. The first-order valence-corrected chi connectivity index (χ1v) is 13.6. The SMILES string of the molecule is CCC1CCc2c(ccc(Nc3ncc(Cl)c(Nc4ccccc4NS(C)(=O)=O)n3)c2OC)NC1. The van der Waals surface area contributed by atoms with Gasteiger partial charge < -0.3 is 20.7 Å². The maximum atomic E-state index is 11.7. The van der Waals surface area contributed by atoms with Gasteiger partial charge in [0.05, 0.1) is 36.6 Å². The molecule has 4 rings (SSSR count). The number of aromatic nitrogens is 2. The molecule has 9 nitrogen and oxygen atoms in total. The molecule has 1 atom stereocenters. The molecule has 0 spiro atoms. The van der Waals surface area contributed by atoms with E-state index in [0.29, 0.717) is 29.1 Å². The molecule has 0 aliphatic carbocycles. The lowest BCUT2D eigenvalue weighted by molar-refractivity contribution is 0.409. The number of rotatable bonds is 8. The molecule has 186 valence electrons. The van der Waals surface area contributed by atoms with Gasteiger partial charge in [-0.25, -0.2) is 13.4 Å². The molecule has 1 aliphatic rings. The molecule has 0 saturated heterocycles. The molecule has 35 heavy (non-hydrogen) atoms. The highest BCUT2D eigenvalue weighted by Gasteiger charge is 2.21. The third-order valence-corrected chi connectivity index (χ3v) is 6.76. The van der Waals surface area contributed by atoms with Crippen molar-refractivity contribution < 1.29 is 13.2 Å². The van der Waals surface area contributed by atoms with Crippen LogP contribution in [0.4, 0.5) is 34.5 Å². The molecule has 1 aromatic heterocycles. The van der Waals surface area contributed by atoms with Crippen LogP contribution in [0.3, 0.4) is 0 Å². The van der Waals surface area contributed by atoms with E-state index in [2.05, 4.69) is 37.6 Å². The number of methoxy groups -OCH3 is 1. The summed E-state index contributed by atoms with van der Waals surface area (Å²) in [5.74, 6) is 2.02. The van der Waals surface area contributed by atoms with Crippen LogP contribution < -0.4 is 25.4 Å². The van der Waals surface area contributed by atoms with E-state index in [0.717, 1.165) is 54.8 Å². The van der Waals surface area contributed by atoms with Crippen LogP contribution >= 0.6 is 11.6 Å². The Bertz CT molecular complexity index is 1320. The number of sulfonamides is 1. The van der Waals surface area contributed by atoms with Crippen molar-refractivity contribution in [1.82, 2.24) is 9.97 Å². The van der Waals surface area contributed by atoms with Crippen LogP contribution in [0.25, 0.3) is 0 Å². The highest BCUT2D eigenvalue weighted by molar-refractivity contribution is 7.92. The van der Waals surface area contributed by atoms with E-state index < -0.39 is 10.0 Å². The van der Waals surface area contributed by atoms with Crippen LogP contribution in [-0.4, -0.2) is 38.3 Å². The summed E-state index contributed by atoms with van der Waals surface area (Å²) in [7, 11) is -1.80. The van der Waals surface area contributed by atoms with E-state index in [-0.39, 0.29) is 5.02 Å². The zero-order valence-corrected chi connectivity index (χ0v) is 21.4. The average Bonchev–Trinajstić information content (AvgIpc) is 3.04. The first-order valence-electron chi connectivity index (χ1n) is 11.3. The van der Waals surface area contributed by atoms with E-state index in [4.69, 9.17) is 16.3 Å². The zero-order chi connectivity index (χ0) is 25.0. The number of nitrogens with one attached hydrogen (secondary N) is 4. The molecule has 0 amide bonds. The van der Waals surface area contributed by atoms with Crippen molar-refractivity contribution in [1.29, 1.82) is 0 Å². The topological polar surface area (TPSA) is 117 Å². The van der Waals surface area contributed by atoms with E-state index in [1.807, 2.05) is 12.1 Å². The van der Waals surface area contributed by atoms with Crippen molar-refractivity contribution in [2.45, 2.75) is 26.2 Å². The van der Waals surface area contributed by atoms with Gasteiger partial charge >= 0.3 is 0 Å². The number of halogens is 1. The Kier molecular flexibility index (Phi) is 7.51. The second-order valence-corrected chi connectivity index (χ2v) is 10.6. The quantitative estimate of drug-likeness (QED) is 0.315.